The predicted molar refractivity (Wildman–Crippen MR) is 106 cm³/mol. The van der Waals surface area contributed by atoms with Crippen LogP contribution in [-0.2, 0) is 0 Å². The second kappa shape index (κ2) is 7.76. The first-order valence-corrected chi connectivity index (χ1v) is 9.04. The van der Waals surface area contributed by atoms with E-state index in [9.17, 15) is 0 Å². The van der Waals surface area contributed by atoms with Crippen LogP contribution in [0.15, 0.2) is 72.8 Å². The monoisotopic (exact) mass is 350 g/mol. The van der Waals surface area contributed by atoms with E-state index in [1.807, 2.05) is 42.5 Å². The van der Waals surface area contributed by atoms with Crippen molar-refractivity contribution in [1.82, 2.24) is 0 Å². The third kappa shape index (κ3) is 4.24. The smallest absolute Gasteiger partial charge is 0.128 e. The van der Waals surface area contributed by atoms with Crippen LogP contribution < -0.4 is 4.74 Å². The molecule has 0 saturated carbocycles. The molecule has 0 saturated heterocycles. The molecular formula is C23H23ClO. The van der Waals surface area contributed by atoms with E-state index in [0.717, 1.165) is 21.9 Å². The van der Waals surface area contributed by atoms with Gasteiger partial charge in [-0.25, -0.2) is 0 Å². The second-order valence-corrected chi connectivity index (χ2v) is 7.02. The van der Waals surface area contributed by atoms with Crippen LogP contribution >= 0.6 is 11.6 Å². The summed E-state index contributed by atoms with van der Waals surface area (Å²) in [6.45, 7) is 6.47. The van der Waals surface area contributed by atoms with Crippen molar-refractivity contribution in [3.05, 3.63) is 88.9 Å². The molecule has 25 heavy (non-hydrogen) atoms. The minimum absolute atomic E-state index is 0.0478. The van der Waals surface area contributed by atoms with Crippen molar-refractivity contribution in [2.75, 3.05) is 0 Å². The molecule has 0 N–H and O–H groups in total. The summed E-state index contributed by atoms with van der Waals surface area (Å²) in [5, 5.41) is 0.738. The Labute approximate surface area is 155 Å². The maximum Gasteiger partial charge on any atom is 0.128 e. The highest BCUT2D eigenvalue weighted by Crippen LogP contribution is 2.33. The molecule has 0 aliphatic carbocycles. The summed E-state index contributed by atoms with van der Waals surface area (Å²) in [6, 6.07) is 24.7. The van der Waals surface area contributed by atoms with E-state index in [4.69, 9.17) is 16.3 Å². The van der Waals surface area contributed by atoms with E-state index in [0.29, 0.717) is 5.92 Å². The average molecular weight is 351 g/mol. The highest BCUT2D eigenvalue weighted by molar-refractivity contribution is 6.30. The van der Waals surface area contributed by atoms with Crippen molar-refractivity contribution in [3.8, 4) is 16.9 Å². The average Bonchev–Trinajstić information content (AvgIpc) is 2.63. The molecular weight excluding hydrogens is 328 g/mol. The van der Waals surface area contributed by atoms with Crippen LogP contribution in [-0.4, -0.2) is 0 Å². The number of hydrogen-bond acceptors (Lipinski definition) is 1. The summed E-state index contributed by atoms with van der Waals surface area (Å²) in [5.41, 5.74) is 4.73. The molecule has 0 radical (unpaired) electrons. The first-order chi connectivity index (χ1) is 12.0. The Hall–Kier alpha value is -2.25. The van der Waals surface area contributed by atoms with Gasteiger partial charge in [-0.2, -0.15) is 0 Å². The van der Waals surface area contributed by atoms with Crippen LogP contribution in [0.2, 0.25) is 5.02 Å². The molecule has 0 spiro atoms. The van der Waals surface area contributed by atoms with Gasteiger partial charge in [0.25, 0.3) is 0 Å². The van der Waals surface area contributed by atoms with Crippen molar-refractivity contribution < 1.29 is 4.74 Å². The third-order valence-electron chi connectivity index (χ3n) is 4.42. The standard InChI is InChI=1S/C23H23ClO/c1-16(2)18-8-10-20(11-9-18)22-6-4-5-7-23(22)25-17(3)19-12-14-21(24)15-13-19/h4-17H,1-3H3. The van der Waals surface area contributed by atoms with Crippen molar-refractivity contribution >= 4 is 11.6 Å². The highest BCUT2D eigenvalue weighted by Gasteiger charge is 2.12. The number of hydrogen-bond donors (Lipinski definition) is 0. The second-order valence-electron chi connectivity index (χ2n) is 6.58. The molecule has 0 amide bonds. The number of para-hydroxylation sites is 1. The molecule has 3 aromatic rings. The van der Waals surface area contributed by atoms with Crippen molar-refractivity contribution in [1.29, 1.82) is 0 Å². The predicted octanol–water partition coefficient (Wildman–Crippen LogP) is 7.27. The Bertz CT molecular complexity index is 819. The molecule has 0 aliphatic rings. The maximum absolute atomic E-state index is 6.26. The summed E-state index contributed by atoms with van der Waals surface area (Å²) in [5.74, 6) is 1.42. The third-order valence-corrected chi connectivity index (χ3v) is 4.67. The van der Waals surface area contributed by atoms with Crippen LogP contribution in [0.1, 0.15) is 43.9 Å². The van der Waals surface area contributed by atoms with Gasteiger partial charge in [0, 0.05) is 10.6 Å². The van der Waals surface area contributed by atoms with Gasteiger partial charge in [0.1, 0.15) is 11.9 Å². The molecule has 0 heterocycles. The summed E-state index contributed by atoms with van der Waals surface area (Å²) >= 11 is 5.98. The van der Waals surface area contributed by atoms with E-state index < -0.39 is 0 Å². The molecule has 0 aromatic heterocycles. The molecule has 1 unspecified atom stereocenters. The fraction of sp³-hybridized carbons (Fsp3) is 0.217. The Morgan fingerprint density at radius 1 is 0.720 bits per heavy atom. The molecule has 0 bridgehead atoms. The van der Waals surface area contributed by atoms with E-state index >= 15 is 0 Å². The highest BCUT2D eigenvalue weighted by atomic mass is 35.5. The summed E-state index contributed by atoms with van der Waals surface area (Å²) in [4.78, 5) is 0. The van der Waals surface area contributed by atoms with Crippen molar-refractivity contribution in [3.63, 3.8) is 0 Å². The Kier molecular flexibility index (Phi) is 5.45. The molecule has 1 atom stereocenters. The lowest BCUT2D eigenvalue weighted by atomic mass is 9.98. The number of benzene rings is 3. The Morgan fingerprint density at radius 2 is 1.32 bits per heavy atom. The zero-order valence-corrected chi connectivity index (χ0v) is 15.6. The minimum atomic E-state index is -0.0478. The van der Waals surface area contributed by atoms with Crippen LogP contribution in [0.4, 0.5) is 0 Å². The van der Waals surface area contributed by atoms with Gasteiger partial charge < -0.3 is 4.74 Å². The fourth-order valence-electron chi connectivity index (χ4n) is 2.85. The molecule has 2 heteroatoms. The molecule has 3 rings (SSSR count). The summed E-state index contributed by atoms with van der Waals surface area (Å²) in [7, 11) is 0. The molecule has 1 nitrogen and oxygen atoms in total. The Morgan fingerprint density at radius 3 is 1.96 bits per heavy atom. The number of halogens is 1. The topological polar surface area (TPSA) is 9.23 Å². The lowest BCUT2D eigenvalue weighted by molar-refractivity contribution is 0.228. The summed E-state index contributed by atoms with van der Waals surface area (Å²) in [6.07, 6.45) is -0.0478. The number of rotatable bonds is 5. The van der Waals surface area contributed by atoms with Gasteiger partial charge in [-0.3, -0.25) is 0 Å². The summed E-state index contributed by atoms with van der Waals surface area (Å²) < 4.78 is 6.26. The van der Waals surface area contributed by atoms with E-state index in [-0.39, 0.29) is 6.10 Å². The largest absolute Gasteiger partial charge is 0.485 e. The molecule has 0 fully saturated rings. The van der Waals surface area contributed by atoms with Gasteiger partial charge in [0.05, 0.1) is 0 Å². The quantitative estimate of drug-likeness (QED) is 0.470. The van der Waals surface area contributed by atoms with E-state index in [1.165, 1.54) is 11.1 Å². The van der Waals surface area contributed by atoms with Gasteiger partial charge in [-0.1, -0.05) is 80.0 Å². The van der Waals surface area contributed by atoms with Crippen LogP contribution in [0.3, 0.4) is 0 Å². The normalized spacial score (nSPS) is 12.2. The first kappa shape index (κ1) is 17.6. The van der Waals surface area contributed by atoms with Gasteiger partial charge in [0.15, 0.2) is 0 Å². The van der Waals surface area contributed by atoms with Crippen molar-refractivity contribution in [2.24, 2.45) is 0 Å². The van der Waals surface area contributed by atoms with E-state index in [1.54, 1.807) is 0 Å². The Balaban J connectivity index is 1.86. The number of ether oxygens (including phenoxy) is 1. The zero-order valence-electron chi connectivity index (χ0n) is 14.9. The molecule has 128 valence electrons. The van der Waals surface area contributed by atoms with Crippen LogP contribution in [0.25, 0.3) is 11.1 Å². The van der Waals surface area contributed by atoms with E-state index in [2.05, 4.69) is 51.1 Å². The SMILES string of the molecule is CC(C)c1ccc(-c2ccccc2OC(C)c2ccc(Cl)cc2)cc1. The minimum Gasteiger partial charge on any atom is -0.485 e. The molecule has 0 aliphatic heterocycles. The maximum atomic E-state index is 6.26. The van der Waals surface area contributed by atoms with Crippen LogP contribution in [0.5, 0.6) is 5.75 Å². The van der Waals surface area contributed by atoms with Crippen LogP contribution in [0, 0.1) is 0 Å². The lowest BCUT2D eigenvalue weighted by Gasteiger charge is -2.18. The lowest BCUT2D eigenvalue weighted by Crippen LogP contribution is -2.03. The molecule has 3 aromatic carbocycles. The van der Waals surface area contributed by atoms with Gasteiger partial charge in [-0.15, -0.1) is 0 Å². The van der Waals surface area contributed by atoms with Gasteiger partial charge in [-0.05, 0) is 47.7 Å². The van der Waals surface area contributed by atoms with Gasteiger partial charge in [0.2, 0.25) is 0 Å². The van der Waals surface area contributed by atoms with Crippen molar-refractivity contribution in [2.45, 2.75) is 32.8 Å². The van der Waals surface area contributed by atoms with Gasteiger partial charge >= 0.3 is 0 Å². The first-order valence-electron chi connectivity index (χ1n) is 8.66. The fourth-order valence-corrected chi connectivity index (χ4v) is 2.97. The zero-order chi connectivity index (χ0) is 17.8.